The molecule has 4 nitrogen and oxygen atoms in total. The number of rotatable bonds is 6. The number of hydrogen-bond acceptors (Lipinski definition) is 3. The van der Waals surface area contributed by atoms with E-state index in [0.717, 1.165) is 38.2 Å². The molecule has 0 amide bonds. The fourth-order valence-corrected chi connectivity index (χ4v) is 3.44. The number of nitrogens with zero attached hydrogens (tertiary/aromatic N) is 2. The zero-order valence-electron chi connectivity index (χ0n) is 14.8. The predicted octanol–water partition coefficient (Wildman–Crippen LogP) is 3.04. The van der Waals surface area contributed by atoms with Gasteiger partial charge in [0.05, 0.1) is 0 Å². The Kier molecular flexibility index (Phi) is 6.19. The number of aliphatic carboxylic acids is 1. The molecule has 0 aromatic heterocycles. The number of hydrogen-bond donors (Lipinski definition) is 1. The zero-order chi connectivity index (χ0) is 17.0. The highest BCUT2D eigenvalue weighted by molar-refractivity contribution is 5.75. The Hall–Kier alpha value is -1.39. The first-order valence-corrected chi connectivity index (χ1v) is 8.72. The average molecular weight is 318 g/mol. The van der Waals surface area contributed by atoms with Crippen LogP contribution in [0.15, 0.2) is 24.3 Å². The molecule has 0 aliphatic carbocycles. The second-order valence-corrected chi connectivity index (χ2v) is 7.07. The van der Waals surface area contributed by atoms with Gasteiger partial charge in [-0.3, -0.25) is 14.6 Å². The monoisotopic (exact) mass is 318 g/mol. The number of carboxylic acid groups (broad SMARTS) is 1. The van der Waals surface area contributed by atoms with Crippen LogP contribution < -0.4 is 0 Å². The molecular weight excluding hydrogens is 288 g/mol. The van der Waals surface area contributed by atoms with Crippen LogP contribution in [0.2, 0.25) is 0 Å². The summed E-state index contributed by atoms with van der Waals surface area (Å²) in [6.07, 6.45) is 0.975. The maximum atomic E-state index is 11.9. The highest BCUT2D eigenvalue weighted by atomic mass is 16.4. The molecule has 1 fully saturated rings. The second-order valence-electron chi connectivity index (χ2n) is 7.07. The summed E-state index contributed by atoms with van der Waals surface area (Å²) in [5.41, 5.74) is 2.13. The van der Waals surface area contributed by atoms with Gasteiger partial charge in [0.15, 0.2) is 0 Å². The molecule has 1 saturated heterocycles. The van der Waals surface area contributed by atoms with Crippen molar-refractivity contribution in [2.24, 2.45) is 5.92 Å². The summed E-state index contributed by atoms with van der Waals surface area (Å²) in [6.45, 7) is 12.4. The fraction of sp³-hybridized carbons (Fsp3) is 0.632. The minimum atomic E-state index is -0.751. The van der Waals surface area contributed by atoms with E-state index in [1.54, 1.807) is 0 Å². The van der Waals surface area contributed by atoms with Crippen molar-refractivity contribution in [3.63, 3.8) is 0 Å². The molecule has 0 radical (unpaired) electrons. The third-order valence-corrected chi connectivity index (χ3v) is 4.70. The van der Waals surface area contributed by atoms with Crippen LogP contribution in [0.5, 0.6) is 0 Å². The molecule has 0 saturated carbocycles. The Balaban J connectivity index is 2.11. The third kappa shape index (κ3) is 4.55. The molecule has 1 N–H and O–H groups in total. The number of carbonyl (C=O) groups is 1. The number of aryl methyl sites for hydroxylation is 1. The summed E-state index contributed by atoms with van der Waals surface area (Å²) >= 11 is 0. The first-order valence-electron chi connectivity index (χ1n) is 8.72. The molecule has 0 spiro atoms. The second kappa shape index (κ2) is 7.93. The molecule has 2 rings (SSSR count). The van der Waals surface area contributed by atoms with Gasteiger partial charge < -0.3 is 5.11 Å². The van der Waals surface area contributed by atoms with Gasteiger partial charge in [0.25, 0.3) is 0 Å². The molecule has 128 valence electrons. The van der Waals surface area contributed by atoms with Crippen molar-refractivity contribution in [3.05, 3.63) is 35.4 Å². The van der Waals surface area contributed by atoms with Crippen LogP contribution in [0.25, 0.3) is 0 Å². The summed E-state index contributed by atoms with van der Waals surface area (Å²) < 4.78 is 0. The van der Waals surface area contributed by atoms with Crippen LogP contribution in [0, 0.1) is 5.92 Å². The van der Waals surface area contributed by atoms with Gasteiger partial charge in [-0.15, -0.1) is 0 Å². The summed E-state index contributed by atoms with van der Waals surface area (Å²) in [4.78, 5) is 16.5. The lowest BCUT2D eigenvalue weighted by Gasteiger charge is -2.42. The van der Waals surface area contributed by atoms with Crippen LogP contribution in [0.1, 0.15) is 44.9 Å². The fourth-order valence-electron chi connectivity index (χ4n) is 3.44. The van der Waals surface area contributed by atoms with E-state index < -0.39 is 12.0 Å². The highest BCUT2D eigenvalue weighted by Gasteiger charge is 2.33. The largest absolute Gasteiger partial charge is 0.480 e. The van der Waals surface area contributed by atoms with E-state index in [-0.39, 0.29) is 0 Å². The van der Waals surface area contributed by atoms with Gasteiger partial charge in [0, 0.05) is 32.2 Å². The lowest BCUT2D eigenvalue weighted by molar-refractivity contribution is -0.145. The summed E-state index contributed by atoms with van der Waals surface area (Å²) in [5.74, 6) is -0.111. The van der Waals surface area contributed by atoms with Gasteiger partial charge in [-0.05, 0) is 30.4 Å². The molecule has 1 aliphatic rings. The maximum Gasteiger partial charge on any atom is 0.325 e. The van der Waals surface area contributed by atoms with E-state index in [1.807, 2.05) is 24.3 Å². The number of benzene rings is 1. The summed E-state index contributed by atoms with van der Waals surface area (Å²) in [7, 11) is 0. The van der Waals surface area contributed by atoms with Gasteiger partial charge in [-0.1, -0.05) is 45.0 Å². The van der Waals surface area contributed by atoms with Crippen molar-refractivity contribution >= 4 is 5.97 Å². The van der Waals surface area contributed by atoms with E-state index in [0.29, 0.717) is 12.0 Å². The number of piperazine rings is 1. The average Bonchev–Trinajstić information content (AvgIpc) is 2.50. The number of carboxylic acids is 1. The standard InChI is InChI=1S/C19H30N2O2/c1-5-16-6-8-17(9-7-16)18(19(22)23)21-11-10-20(12-14(2)3)15(4)13-21/h6-9,14-15,18H,5,10-13H2,1-4H3,(H,22,23). The van der Waals surface area contributed by atoms with E-state index in [1.165, 1.54) is 5.56 Å². The van der Waals surface area contributed by atoms with Crippen molar-refractivity contribution in [1.82, 2.24) is 9.80 Å². The van der Waals surface area contributed by atoms with Gasteiger partial charge in [-0.25, -0.2) is 0 Å². The summed E-state index contributed by atoms with van der Waals surface area (Å²) in [6, 6.07) is 7.89. The first-order chi connectivity index (χ1) is 10.9. The van der Waals surface area contributed by atoms with E-state index >= 15 is 0 Å². The Bertz CT molecular complexity index is 513. The van der Waals surface area contributed by atoms with Crippen molar-refractivity contribution in [2.75, 3.05) is 26.2 Å². The van der Waals surface area contributed by atoms with Crippen LogP contribution in [0.4, 0.5) is 0 Å². The molecule has 1 aromatic rings. The van der Waals surface area contributed by atoms with Crippen LogP contribution in [-0.2, 0) is 11.2 Å². The molecular formula is C19H30N2O2. The lowest BCUT2D eigenvalue weighted by Crippen LogP contribution is -2.54. The van der Waals surface area contributed by atoms with E-state index in [4.69, 9.17) is 0 Å². The highest BCUT2D eigenvalue weighted by Crippen LogP contribution is 2.25. The van der Waals surface area contributed by atoms with Crippen molar-refractivity contribution < 1.29 is 9.90 Å². The zero-order valence-corrected chi connectivity index (χ0v) is 14.8. The topological polar surface area (TPSA) is 43.8 Å². The quantitative estimate of drug-likeness (QED) is 0.875. The van der Waals surface area contributed by atoms with Crippen LogP contribution in [0.3, 0.4) is 0 Å². The third-order valence-electron chi connectivity index (χ3n) is 4.70. The maximum absolute atomic E-state index is 11.9. The van der Waals surface area contributed by atoms with Crippen LogP contribution in [-0.4, -0.2) is 53.1 Å². The Labute approximate surface area is 140 Å². The van der Waals surface area contributed by atoms with Crippen LogP contribution >= 0.6 is 0 Å². The first kappa shape index (κ1) is 18.0. The minimum absolute atomic E-state index is 0.392. The molecule has 1 aromatic carbocycles. The van der Waals surface area contributed by atoms with Crippen molar-refractivity contribution in [1.29, 1.82) is 0 Å². The SMILES string of the molecule is CCc1ccc(C(C(=O)O)N2CCN(CC(C)C)C(C)C2)cc1. The Morgan fingerprint density at radius 2 is 1.91 bits per heavy atom. The predicted molar refractivity (Wildman–Crippen MR) is 93.6 cm³/mol. The molecule has 23 heavy (non-hydrogen) atoms. The van der Waals surface area contributed by atoms with Gasteiger partial charge >= 0.3 is 5.97 Å². The van der Waals surface area contributed by atoms with Crippen molar-refractivity contribution in [2.45, 2.75) is 46.2 Å². The van der Waals surface area contributed by atoms with E-state index in [9.17, 15) is 9.90 Å². The normalized spacial score (nSPS) is 21.5. The minimum Gasteiger partial charge on any atom is -0.480 e. The molecule has 4 heteroatoms. The molecule has 0 bridgehead atoms. The van der Waals surface area contributed by atoms with Gasteiger partial charge in [-0.2, -0.15) is 0 Å². The van der Waals surface area contributed by atoms with Gasteiger partial charge in [0.2, 0.25) is 0 Å². The van der Waals surface area contributed by atoms with E-state index in [2.05, 4.69) is 37.5 Å². The van der Waals surface area contributed by atoms with Gasteiger partial charge in [0.1, 0.15) is 6.04 Å². The molecule has 1 aliphatic heterocycles. The lowest BCUT2D eigenvalue weighted by atomic mass is 10.0. The molecule has 2 unspecified atom stereocenters. The molecule has 2 atom stereocenters. The molecule has 1 heterocycles. The Morgan fingerprint density at radius 1 is 1.26 bits per heavy atom. The smallest absolute Gasteiger partial charge is 0.325 e. The summed E-state index contributed by atoms with van der Waals surface area (Å²) in [5, 5.41) is 9.75. The van der Waals surface area contributed by atoms with Crippen molar-refractivity contribution in [3.8, 4) is 0 Å². The Morgan fingerprint density at radius 3 is 2.39 bits per heavy atom.